The Kier molecular flexibility index (Phi) is 40.0. The van der Waals surface area contributed by atoms with E-state index in [9.17, 15) is 54.8 Å². The Balaban J connectivity index is 0.000000586. The van der Waals surface area contributed by atoms with E-state index in [1.165, 1.54) is 0 Å². The molecule has 0 aromatic rings. The van der Waals surface area contributed by atoms with Gasteiger partial charge in [0.25, 0.3) is 0 Å². The van der Waals surface area contributed by atoms with Crippen molar-refractivity contribution in [3.63, 3.8) is 0 Å². The van der Waals surface area contributed by atoms with Gasteiger partial charge in [0, 0.05) is 165 Å². The first-order valence-corrected chi connectivity index (χ1v) is 59.7. The molecule has 2 aliphatic carbocycles. The summed E-state index contributed by atoms with van der Waals surface area (Å²) in [5.41, 5.74) is -2.15. The van der Waals surface area contributed by atoms with Crippen molar-refractivity contribution in [1.82, 2.24) is 0 Å². The van der Waals surface area contributed by atoms with Crippen LogP contribution in [0.4, 0.5) is 0 Å². The zero-order chi connectivity index (χ0) is 70.3. The Labute approximate surface area is 575 Å². The summed E-state index contributed by atoms with van der Waals surface area (Å²) < 4.78 is 325. The van der Waals surface area contributed by atoms with Crippen LogP contribution in [0.25, 0.3) is 0 Å². The molecular weight excluding hydrogens is 2070 g/mol. The molecule has 2 saturated carbocycles. The first-order chi connectivity index (χ1) is 42.3. The van der Waals surface area contributed by atoms with Gasteiger partial charge in [-0.05, 0) is 0 Å². The maximum atomic E-state index is 14.4. The summed E-state index contributed by atoms with van der Waals surface area (Å²) in [6.45, 7) is 0. The number of phosphoric ester groups is 11. The molecule has 44 nitrogen and oxygen atoms in total. The third-order valence-corrected chi connectivity index (χ3v) is 31.5. The van der Waals surface area contributed by atoms with Crippen LogP contribution in [-0.2, 0) is 199 Å². The summed E-state index contributed by atoms with van der Waals surface area (Å²) >= 11 is 9.54. The van der Waals surface area contributed by atoms with E-state index in [2.05, 4.69) is 74.5 Å². The second-order valence-electron chi connectivity index (χ2n) is 15.8. The van der Waals surface area contributed by atoms with E-state index in [1.807, 2.05) is 0 Å². The molecular formula is C30H66I5O44P12-. The van der Waals surface area contributed by atoms with Crippen LogP contribution < -0.4 is 13.3 Å². The van der Waals surface area contributed by atoms with Crippen LogP contribution in [-0.4, -0.2) is 201 Å². The van der Waals surface area contributed by atoms with Crippen molar-refractivity contribution in [1.29, 1.82) is 0 Å². The summed E-state index contributed by atoms with van der Waals surface area (Å²) in [5, 5.41) is 0. The molecule has 0 spiro atoms. The molecule has 10 unspecified atom stereocenters. The van der Waals surface area contributed by atoms with Gasteiger partial charge in [-0.2, -0.15) is 12.9 Å². The SMILES string of the molecule is COP(=O)(OC)OC1C(OP(=O)(OC)OC)C(OP(=O)(OC)OC)C(P(=O)(OC)OC)C(OP(=O)(OC)OC)C1OP(=O)(OC)OC.COP1(=O)OC2C3OP(=O)(OC)OP(=O)(OC)OC3C3OP(=O)(OC)OP(=O)(OC)OC3C2OP(=O)(OC)O1.II.I[I-]I. The molecule has 0 N–H and O–H groups in total. The topological polar surface area (TPSA) is 500 Å². The molecule has 0 aromatic carbocycles. The predicted molar refractivity (Wildman–Crippen MR) is 334 cm³/mol. The number of hydrogen-bond donors (Lipinski definition) is 0. The van der Waals surface area contributed by atoms with E-state index >= 15 is 0 Å². The van der Waals surface area contributed by atoms with Crippen molar-refractivity contribution in [3.05, 3.63) is 0 Å². The van der Waals surface area contributed by atoms with Crippen LogP contribution >= 0.6 is 168 Å². The summed E-state index contributed by atoms with van der Waals surface area (Å²) in [6.07, 6.45) is -22.9. The molecule has 5 fully saturated rings. The minimum absolute atomic E-state index is 0.530. The van der Waals surface area contributed by atoms with Gasteiger partial charge in [-0.25, -0.2) is 50.2 Å². The van der Waals surface area contributed by atoms with E-state index in [0.717, 1.165) is 128 Å². The van der Waals surface area contributed by atoms with Gasteiger partial charge in [-0.3, -0.25) is 127 Å². The molecule has 0 radical (unpaired) electrons. The Morgan fingerprint density at radius 2 is 0.429 bits per heavy atom. The Bertz CT molecular complexity index is 2570. The quantitative estimate of drug-likeness (QED) is 0.0497. The molecule has 5 aliphatic rings. The fourth-order valence-electron chi connectivity index (χ4n) is 7.64. The summed E-state index contributed by atoms with van der Waals surface area (Å²) in [6, 6.07) is 0. The molecule has 10 atom stereocenters. The van der Waals surface area contributed by atoms with Gasteiger partial charge >= 0.3 is 144 Å². The Hall–Kier alpha value is 5.13. The zero-order valence-electron chi connectivity index (χ0n) is 50.1. The van der Waals surface area contributed by atoms with Crippen LogP contribution in [0.1, 0.15) is 0 Å². The second-order valence-corrected chi connectivity index (χ2v) is 54.4. The molecule has 3 aliphatic heterocycles. The maximum absolute atomic E-state index is 14.4. The van der Waals surface area contributed by atoms with Crippen LogP contribution in [0.5, 0.6) is 0 Å². The van der Waals surface area contributed by atoms with E-state index in [4.69, 9.17) is 144 Å². The first-order valence-electron chi connectivity index (χ1n) is 23.2. The summed E-state index contributed by atoms with van der Waals surface area (Å²) in [5.74, 6) is 0. The van der Waals surface area contributed by atoms with Crippen LogP contribution in [0.2, 0.25) is 0 Å². The van der Waals surface area contributed by atoms with Crippen molar-refractivity contribution < 1.29 is 212 Å². The van der Waals surface area contributed by atoms with Crippen molar-refractivity contribution in [2.24, 2.45) is 0 Å². The average molecular weight is 2140 g/mol. The van der Waals surface area contributed by atoms with Crippen molar-refractivity contribution in [2.45, 2.75) is 72.8 Å². The molecule has 0 amide bonds. The van der Waals surface area contributed by atoms with E-state index < -0.39 is 166 Å². The fourth-order valence-corrected chi connectivity index (χ4v) is 23.2. The van der Waals surface area contributed by atoms with Gasteiger partial charge < -0.3 is 9.05 Å². The van der Waals surface area contributed by atoms with E-state index in [1.54, 1.807) is 0 Å². The first kappa shape index (κ1) is 92.2. The molecule has 0 aromatic heterocycles. The predicted octanol–water partition coefficient (Wildman–Crippen LogP) is 9.26. The molecule has 91 heavy (non-hydrogen) atoms. The van der Waals surface area contributed by atoms with Crippen molar-refractivity contribution >= 4 is 168 Å². The van der Waals surface area contributed by atoms with Gasteiger partial charge in [0.2, 0.25) is 0 Å². The van der Waals surface area contributed by atoms with Gasteiger partial charge in [0.15, 0.2) is 0 Å². The molecule has 3 saturated heterocycles. The number of hydrogen-bond acceptors (Lipinski definition) is 44. The molecule has 61 heteroatoms. The second kappa shape index (κ2) is 39.5. The standard InChI is InChI=1S/C18H42O23P6.C12H24O21P6.I3.I2/c1-25-42(19,26-2)18-16(40-46(23,33-9)34-10)14(38-44(21,29-5)30-6)13(37-43(20,27-3)28-4)15(39-45(22,31-7)32-8)17(18)41-47(24,35-11)36-12;1-19-34(13)25-7-8(26-35(14,20-2)31-34)10-12(30-39(18,24-6)33-37(16,22-4)28-10)11-9(7)27-36(15,21-3)32-38(17,23-5)29-11;1-3-2;1-2/h13-18H,1-12H3;7-12H,1-6H3;;/q;;-1;. The number of rotatable bonds is 29. The Morgan fingerprint density at radius 1 is 0.286 bits per heavy atom. The van der Waals surface area contributed by atoms with Crippen molar-refractivity contribution in [2.75, 3.05) is 128 Å². The van der Waals surface area contributed by atoms with Crippen LogP contribution in [0.3, 0.4) is 0 Å². The van der Waals surface area contributed by atoms with Crippen LogP contribution in [0.15, 0.2) is 0 Å². The molecule has 546 valence electrons. The van der Waals surface area contributed by atoms with Gasteiger partial charge in [0.05, 0.1) is 0 Å². The van der Waals surface area contributed by atoms with E-state index in [0.29, 0.717) is 13.3 Å². The summed E-state index contributed by atoms with van der Waals surface area (Å²) in [4.78, 5) is 0. The van der Waals surface area contributed by atoms with Gasteiger partial charge in [-0.1, -0.05) is 0 Å². The third-order valence-electron chi connectivity index (χ3n) is 11.7. The number of fused-ring (bicyclic) bond motifs is 6. The number of halogens is 5. The van der Waals surface area contributed by atoms with E-state index in [-0.39, 0.29) is 0 Å². The Morgan fingerprint density at radius 3 is 0.560 bits per heavy atom. The minimum atomic E-state index is -4.89. The average Bonchev–Trinajstić information content (AvgIpc) is 1.72. The van der Waals surface area contributed by atoms with Crippen molar-refractivity contribution in [3.8, 4) is 0 Å². The zero-order valence-corrected chi connectivity index (χ0v) is 71.7. The summed E-state index contributed by atoms with van der Waals surface area (Å²) in [7, 11) is -42.0. The molecule has 5 rings (SSSR count). The normalized spacial score (nSPS) is 36.6. The number of phosphoric acid groups is 11. The monoisotopic (exact) mass is 2140 g/mol. The van der Waals surface area contributed by atoms with Gasteiger partial charge in [-0.15, -0.1) is 0 Å². The third kappa shape index (κ3) is 23.8. The van der Waals surface area contributed by atoms with Crippen LogP contribution in [0, 0.1) is 0 Å². The van der Waals surface area contributed by atoms with Gasteiger partial charge in [0.1, 0.15) is 72.8 Å². The fraction of sp³-hybridized carbons (Fsp3) is 1.00. The molecule has 0 bridgehead atoms. The molecule has 3 heterocycles.